The van der Waals surface area contributed by atoms with Crippen molar-refractivity contribution < 1.29 is 4.74 Å². The Balaban J connectivity index is 2.18. The van der Waals surface area contributed by atoms with E-state index in [-0.39, 0.29) is 0 Å². The van der Waals surface area contributed by atoms with Crippen LogP contribution in [0.25, 0.3) is 0 Å². The third-order valence-corrected chi connectivity index (χ3v) is 4.05. The van der Waals surface area contributed by atoms with Gasteiger partial charge in [0.1, 0.15) is 5.75 Å². The molecule has 3 nitrogen and oxygen atoms in total. The zero-order valence-electron chi connectivity index (χ0n) is 12.6. The molecular formula is C16H26N2O. The number of hydrogen-bond donors (Lipinski definition) is 1. The molecule has 2 atom stereocenters. The lowest BCUT2D eigenvalue weighted by molar-refractivity contribution is 0.0998. The molecule has 0 spiro atoms. The molecule has 106 valence electrons. The molecule has 0 aromatic carbocycles. The number of aryl methyl sites for hydroxylation is 2. The summed E-state index contributed by atoms with van der Waals surface area (Å²) in [6.07, 6.45) is 3.94. The highest BCUT2D eigenvalue weighted by atomic mass is 16.5. The summed E-state index contributed by atoms with van der Waals surface area (Å²) < 4.78 is 6.26. The zero-order valence-corrected chi connectivity index (χ0v) is 12.6. The molecule has 1 aromatic heterocycles. The Kier molecular flexibility index (Phi) is 4.46. The summed E-state index contributed by atoms with van der Waals surface area (Å²) in [6, 6.07) is 2.03. The molecule has 2 unspecified atom stereocenters. The summed E-state index contributed by atoms with van der Waals surface area (Å²) in [4.78, 5) is 4.47. The first-order valence-corrected chi connectivity index (χ1v) is 7.33. The van der Waals surface area contributed by atoms with Gasteiger partial charge < -0.3 is 10.5 Å². The van der Waals surface area contributed by atoms with E-state index in [1.807, 2.05) is 19.9 Å². The van der Waals surface area contributed by atoms with Gasteiger partial charge in [-0.3, -0.25) is 4.98 Å². The maximum absolute atomic E-state index is 6.26. The third-order valence-electron chi connectivity index (χ3n) is 4.05. The van der Waals surface area contributed by atoms with E-state index in [0.29, 0.717) is 12.6 Å². The van der Waals surface area contributed by atoms with Crippen molar-refractivity contribution in [2.75, 3.05) is 0 Å². The Morgan fingerprint density at radius 1 is 1.21 bits per heavy atom. The van der Waals surface area contributed by atoms with Crippen molar-refractivity contribution in [3.8, 4) is 5.75 Å². The van der Waals surface area contributed by atoms with Crippen LogP contribution in [0.2, 0.25) is 0 Å². The molecule has 0 radical (unpaired) electrons. The van der Waals surface area contributed by atoms with Crippen molar-refractivity contribution in [1.29, 1.82) is 0 Å². The number of aromatic nitrogens is 1. The molecule has 3 heteroatoms. The number of hydrogen-bond acceptors (Lipinski definition) is 3. The van der Waals surface area contributed by atoms with Gasteiger partial charge in [0, 0.05) is 29.6 Å². The van der Waals surface area contributed by atoms with E-state index in [1.165, 1.54) is 6.42 Å². The summed E-state index contributed by atoms with van der Waals surface area (Å²) in [5.74, 6) is 2.44. The highest BCUT2D eigenvalue weighted by molar-refractivity contribution is 5.37. The van der Waals surface area contributed by atoms with Gasteiger partial charge in [0.25, 0.3) is 0 Å². The van der Waals surface area contributed by atoms with Crippen molar-refractivity contribution >= 4 is 0 Å². The van der Waals surface area contributed by atoms with Crippen LogP contribution in [0.3, 0.4) is 0 Å². The second-order valence-corrected chi connectivity index (χ2v) is 6.19. The first-order chi connectivity index (χ1) is 8.99. The van der Waals surface area contributed by atoms with E-state index in [4.69, 9.17) is 10.5 Å². The fraction of sp³-hybridized carbons (Fsp3) is 0.688. The van der Waals surface area contributed by atoms with E-state index in [0.717, 1.165) is 47.4 Å². The van der Waals surface area contributed by atoms with Gasteiger partial charge in [-0.1, -0.05) is 13.8 Å². The molecular weight excluding hydrogens is 236 g/mol. The molecule has 0 saturated heterocycles. The largest absolute Gasteiger partial charge is 0.490 e. The molecule has 1 heterocycles. The number of pyridine rings is 1. The molecule has 2 rings (SSSR count). The van der Waals surface area contributed by atoms with Crippen LogP contribution in [0.1, 0.15) is 50.1 Å². The van der Waals surface area contributed by atoms with E-state index in [1.54, 1.807) is 0 Å². The Hall–Kier alpha value is -1.09. The SMILES string of the molecule is Cc1cc(OC2CC(C)CC(C)C2)c(CN)c(C)n1. The average molecular weight is 262 g/mol. The van der Waals surface area contributed by atoms with Crippen LogP contribution in [-0.4, -0.2) is 11.1 Å². The van der Waals surface area contributed by atoms with Crippen molar-refractivity contribution in [1.82, 2.24) is 4.98 Å². The predicted octanol–water partition coefficient (Wildman–Crippen LogP) is 3.36. The molecule has 0 amide bonds. The lowest BCUT2D eigenvalue weighted by Gasteiger charge is -2.32. The second-order valence-electron chi connectivity index (χ2n) is 6.19. The number of nitrogens with zero attached hydrogens (tertiary/aromatic N) is 1. The number of rotatable bonds is 3. The topological polar surface area (TPSA) is 48.1 Å². The summed E-state index contributed by atoms with van der Waals surface area (Å²) in [5.41, 5.74) is 8.89. The van der Waals surface area contributed by atoms with Gasteiger partial charge in [0.05, 0.1) is 6.10 Å². The van der Waals surface area contributed by atoms with E-state index in [9.17, 15) is 0 Å². The van der Waals surface area contributed by atoms with Crippen molar-refractivity contribution in [3.05, 3.63) is 23.0 Å². The molecule has 1 aliphatic carbocycles. The minimum atomic E-state index is 0.324. The summed E-state index contributed by atoms with van der Waals surface area (Å²) in [7, 11) is 0. The monoisotopic (exact) mass is 262 g/mol. The van der Waals surface area contributed by atoms with Crippen molar-refractivity contribution in [2.45, 2.75) is 59.6 Å². The minimum Gasteiger partial charge on any atom is -0.490 e. The highest BCUT2D eigenvalue weighted by Crippen LogP contribution is 2.32. The minimum absolute atomic E-state index is 0.324. The van der Waals surface area contributed by atoms with Gasteiger partial charge in [0.2, 0.25) is 0 Å². The van der Waals surface area contributed by atoms with Crippen LogP contribution in [0.5, 0.6) is 5.75 Å². The summed E-state index contributed by atoms with van der Waals surface area (Å²) >= 11 is 0. The van der Waals surface area contributed by atoms with Gasteiger partial charge >= 0.3 is 0 Å². The van der Waals surface area contributed by atoms with Crippen molar-refractivity contribution in [2.24, 2.45) is 17.6 Å². The van der Waals surface area contributed by atoms with Gasteiger partial charge in [-0.2, -0.15) is 0 Å². The number of nitrogens with two attached hydrogens (primary N) is 1. The quantitative estimate of drug-likeness (QED) is 0.908. The summed E-state index contributed by atoms with van der Waals surface area (Å²) in [5, 5.41) is 0. The molecule has 1 saturated carbocycles. The van der Waals surface area contributed by atoms with Gasteiger partial charge in [0.15, 0.2) is 0 Å². The molecule has 0 aliphatic heterocycles. The standard InChI is InChI=1S/C16H26N2O/c1-10-5-11(2)7-14(6-10)19-16-8-12(3)18-13(4)15(16)9-17/h8,10-11,14H,5-7,9,17H2,1-4H3. The first-order valence-electron chi connectivity index (χ1n) is 7.33. The number of ether oxygens (including phenoxy) is 1. The molecule has 0 bridgehead atoms. The normalized spacial score (nSPS) is 27.3. The average Bonchev–Trinajstić information content (AvgIpc) is 2.26. The lowest BCUT2D eigenvalue weighted by Crippen LogP contribution is -2.29. The lowest BCUT2D eigenvalue weighted by atomic mass is 9.82. The molecule has 19 heavy (non-hydrogen) atoms. The Morgan fingerprint density at radius 2 is 1.84 bits per heavy atom. The van der Waals surface area contributed by atoms with Crippen LogP contribution >= 0.6 is 0 Å². The summed E-state index contributed by atoms with van der Waals surface area (Å²) in [6.45, 7) is 9.14. The van der Waals surface area contributed by atoms with Gasteiger partial charge in [-0.05, 0) is 44.9 Å². The maximum atomic E-state index is 6.26. The molecule has 1 aromatic rings. The zero-order chi connectivity index (χ0) is 14.0. The van der Waals surface area contributed by atoms with Crippen molar-refractivity contribution in [3.63, 3.8) is 0 Å². The first kappa shape index (κ1) is 14.3. The predicted molar refractivity (Wildman–Crippen MR) is 78.2 cm³/mol. The Bertz CT molecular complexity index is 435. The van der Waals surface area contributed by atoms with Gasteiger partial charge in [-0.25, -0.2) is 0 Å². The maximum Gasteiger partial charge on any atom is 0.127 e. The van der Waals surface area contributed by atoms with Crippen LogP contribution in [-0.2, 0) is 6.54 Å². The van der Waals surface area contributed by atoms with Crippen LogP contribution in [0.15, 0.2) is 6.07 Å². The fourth-order valence-corrected chi connectivity index (χ4v) is 3.32. The molecule has 1 fully saturated rings. The van der Waals surface area contributed by atoms with Crippen LogP contribution < -0.4 is 10.5 Å². The third kappa shape index (κ3) is 3.47. The van der Waals surface area contributed by atoms with E-state index < -0.39 is 0 Å². The van der Waals surface area contributed by atoms with Crippen LogP contribution in [0.4, 0.5) is 0 Å². The van der Waals surface area contributed by atoms with Gasteiger partial charge in [-0.15, -0.1) is 0 Å². The van der Waals surface area contributed by atoms with Crippen LogP contribution in [0, 0.1) is 25.7 Å². The fourth-order valence-electron chi connectivity index (χ4n) is 3.32. The Labute approximate surface area is 116 Å². The van der Waals surface area contributed by atoms with E-state index >= 15 is 0 Å². The molecule has 1 aliphatic rings. The van der Waals surface area contributed by atoms with E-state index in [2.05, 4.69) is 18.8 Å². The molecule has 2 N–H and O–H groups in total. The Morgan fingerprint density at radius 3 is 2.42 bits per heavy atom. The highest BCUT2D eigenvalue weighted by Gasteiger charge is 2.26. The smallest absolute Gasteiger partial charge is 0.127 e. The second kappa shape index (κ2) is 5.91.